The van der Waals surface area contributed by atoms with E-state index < -0.39 is 11.6 Å². The fourth-order valence-corrected chi connectivity index (χ4v) is 3.96. The molecule has 6 nitrogen and oxygen atoms in total. The zero-order chi connectivity index (χ0) is 22.0. The van der Waals surface area contributed by atoms with Gasteiger partial charge in [-0.15, -0.1) is 0 Å². The van der Waals surface area contributed by atoms with Crippen LogP contribution in [-0.4, -0.2) is 34.4 Å². The van der Waals surface area contributed by atoms with Gasteiger partial charge in [0.2, 0.25) is 0 Å². The second-order valence-corrected chi connectivity index (χ2v) is 7.97. The van der Waals surface area contributed by atoms with Crippen LogP contribution in [-0.2, 0) is 6.61 Å². The quantitative estimate of drug-likeness (QED) is 0.629. The summed E-state index contributed by atoms with van der Waals surface area (Å²) in [5, 5.41) is 6.41. The van der Waals surface area contributed by atoms with Gasteiger partial charge >= 0.3 is 0 Å². The molecule has 3 aromatic rings. The predicted octanol–water partition coefficient (Wildman–Crippen LogP) is 3.68. The van der Waals surface area contributed by atoms with Crippen molar-refractivity contribution in [1.82, 2.24) is 20.0 Å². The molecule has 8 heteroatoms. The van der Waals surface area contributed by atoms with E-state index >= 15 is 0 Å². The summed E-state index contributed by atoms with van der Waals surface area (Å²) in [5.74, 6) is -1.19. The van der Waals surface area contributed by atoms with E-state index in [9.17, 15) is 13.6 Å². The van der Waals surface area contributed by atoms with Gasteiger partial charge in [-0.25, -0.2) is 13.8 Å². The number of imidazole rings is 1. The summed E-state index contributed by atoms with van der Waals surface area (Å²) in [4.78, 5) is 17.4. The maximum Gasteiger partial charge on any atom is 0.270 e. The third-order valence-corrected chi connectivity index (χ3v) is 5.57. The summed E-state index contributed by atoms with van der Waals surface area (Å²) >= 11 is 0. The highest BCUT2D eigenvalue weighted by atomic mass is 19.1. The number of nitrogens with one attached hydrogen (secondary N) is 2. The molecule has 1 amide bonds. The molecule has 31 heavy (non-hydrogen) atoms. The third kappa shape index (κ3) is 4.54. The number of rotatable bonds is 6. The van der Waals surface area contributed by atoms with Crippen LogP contribution in [0.15, 0.2) is 30.5 Å². The van der Waals surface area contributed by atoms with Gasteiger partial charge in [0, 0.05) is 18.8 Å². The Morgan fingerprint density at radius 3 is 2.77 bits per heavy atom. The number of carbonyl (C=O) groups is 1. The first-order valence-electron chi connectivity index (χ1n) is 10.5. The fourth-order valence-electron chi connectivity index (χ4n) is 3.96. The summed E-state index contributed by atoms with van der Waals surface area (Å²) in [6, 6.07) is 5.71. The molecule has 4 rings (SSSR count). The number of nitrogens with zero attached hydrogens (tertiary/aromatic N) is 2. The standard InChI is InChI=1S/C23H26F2N4O2/c1-14-10-20(31-13-17-18(24)7-5-8-19(17)25)22-28-15(2)21(29(22)12-14)23(30)27-11-16-6-3-4-9-26-16/h5,7-8,10,12,16,26H,3-4,6,9,11,13H2,1-2H3,(H,27,30)/t16-/m0/s1. The Kier molecular flexibility index (Phi) is 6.18. The van der Waals surface area contributed by atoms with Gasteiger partial charge in [0.1, 0.15) is 23.9 Å². The number of carbonyl (C=O) groups excluding carboxylic acids is 1. The minimum absolute atomic E-state index is 0.150. The Balaban J connectivity index is 1.58. The molecule has 0 saturated carbocycles. The molecule has 0 bridgehead atoms. The Bertz CT molecular complexity index is 1090. The average molecular weight is 428 g/mol. The summed E-state index contributed by atoms with van der Waals surface area (Å²) in [7, 11) is 0. The van der Waals surface area contributed by atoms with E-state index in [4.69, 9.17) is 4.74 Å². The van der Waals surface area contributed by atoms with Gasteiger partial charge in [-0.2, -0.15) is 0 Å². The molecule has 1 aliphatic heterocycles. The van der Waals surface area contributed by atoms with Crippen molar-refractivity contribution in [2.75, 3.05) is 13.1 Å². The number of hydrogen-bond donors (Lipinski definition) is 2. The first-order valence-corrected chi connectivity index (χ1v) is 10.5. The molecule has 0 radical (unpaired) electrons. The van der Waals surface area contributed by atoms with Crippen LogP contribution in [0.3, 0.4) is 0 Å². The third-order valence-electron chi connectivity index (χ3n) is 5.57. The lowest BCUT2D eigenvalue weighted by Gasteiger charge is -2.23. The zero-order valence-corrected chi connectivity index (χ0v) is 17.7. The van der Waals surface area contributed by atoms with Gasteiger partial charge in [-0.1, -0.05) is 12.5 Å². The lowest BCUT2D eigenvalue weighted by Crippen LogP contribution is -2.43. The van der Waals surface area contributed by atoms with Gasteiger partial charge in [-0.3, -0.25) is 9.20 Å². The number of halogens is 2. The number of amides is 1. The second kappa shape index (κ2) is 9.01. The number of pyridine rings is 1. The van der Waals surface area contributed by atoms with Crippen LogP contribution in [0.2, 0.25) is 0 Å². The topological polar surface area (TPSA) is 67.7 Å². The lowest BCUT2D eigenvalue weighted by atomic mass is 10.1. The van der Waals surface area contributed by atoms with E-state index in [2.05, 4.69) is 15.6 Å². The predicted molar refractivity (Wildman–Crippen MR) is 113 cm³/mol. The average Bonchev–Trinajstić information content (AvgIpc) is 3.08. The largest absolute Gasteiger partial charge is 0.485 e. The number of piperidine rings is 1. The molecule has 2 aromatic heterocycles. The van der Waals surface area contributed by atoms with Gasteiger partial charge in [0.25, 0.3) is 5.91 Å². The maximum atomic E-state index is 14.0. The van der Waals surface area contributed by atoms with Gasteiger partial charge in [-0.05, 0) is 57.0 Å². The molecule has 1 atom stereocenters. The van der Waals surface area contributed by atoms with Crippen LogP contribution >= 0.6 is 0 Å². The Morgan fingerprint density at radius 2 is 2.06 bits per heavy atom. The fraction of sp³-hybridized carbons (Fsp3) is 0.391. The number of benzene rings is 1. The Labute approximate surface area is 179 Å². The van der Waals surface area contributed by atoms with Crippen LogP contribution in [0, 0.1) is 25.5 Å². The van der Waals surface area contributed by atoms with Crippen molar-refractivity contribution in [3.8, 4) is 5.75 Å². The van der Waals surface area contributed by atoms with Crippen molar-refractivity contribution >= 4 is 11.6 Å². The van der Waals surface area contributed by atoms with Gasteiger partial charge in [0.15, 0.2) is 11.4 Å². The molecular formula is C23H26F2N4O2. The molecule has 1 fully saturated rings. The van der Waals surface area contributed by atoms with E-state index in [1.165, 1.54) is 18.2 Å². The van der Waals surface area contributed by atoms with Crippen molar-refractivity contribution in [3.63, 3.8) is 0 Å². The SMILES string of the molecule is Cc1cc(OCc2c(F)cccc2F)c2nc(C)c(C(=O)NC[C@@H]3CCCCN3)n2c1. The van der Waals surface area contributed by atoms with Crippen molar-refractivity contribution in [2.24, 2.45) is 0 Å². The first-order chi connectivity index (χ1) is 14.9. The minimum Gasteiger partial charge on any atom is -0.485 e. The lowest BCUT2D eigenvalue weighted by molar-refractivity contribution is 0.0941. The van der Waals surface area contributed by atoms with E-state index in [0.29, 0.717) is 29.3 Å². The smallest absolute Gasteiger partial charge is 0.270 e. The number of aryl methyl sites for hydroxylation is 2. The summed E-state index contributed by atoms with van der Waals surface area (Å²) in [6.45, 7) is 4.86. The molecule has 2 N–H and O–H groups in total. The molecular weight excluding hydrogens is 402 g/mol. The number of aromatic nitrogens is 2. The van der Waals surface area contributed by atoms with Gasteiger partial charge in [0.05, 0.1) is 11.3 Å². The summed E-state index contributed by atoms with van der Waals surface area (Å²) in [5.41, 5.74) is 2.10. The monoisotopic (exact) mass is 428 g/mol. The van der Waals surface area contributed by atoms with Crippen molar-refractivity contribution in [3.05, 3.63) is 64.6 Å². The van der Waals surface area contributed by atoms with Crippen LogP contribution in [0.1, 0.15) is 46.6 Å². The van der Waals surface area contributed by atoms with E-state index in [0.717, 1.165) is 31.4 Å². The molecule has 0 unspecified atom stereocenters. The van der Waals surface area contributed by atoms with Crippen molar-refractivity contribution in [2.45, 2.75) is 45.8 Å². The molecule has 3 heterocycles. The highest BCUT2D eigenvalue weighted by Gasteiger charge is 2.21. The van der Waals surface area contributed by atoms with Crippen LogP contribution in [0.4, 0.5) is 8.78 Å². The molecule has 0 spiro atoms. The molecule has 1 aliphatic rings. The summed E-state index contributed by atoms with van der Waals surface area (Å²) in [6.07, 6.45) is 5.16. The van der Waals surface area contributed by atoms with E-state index in [-0.39, 0.29) is 24.1 Å². The second-order valence-electron chi connectivity index (χ2n) is 7.97. The first kappa shape index (κ1) is 21.2. The van der Waals surface area contributed by atoms with Crippen molar-refractivity contribution < 1.29 is 18.3 Å². The van der Waals surface area contributed by atoms with Crippen LogP contribution < -0.4 is 15.4 Å². The normalized spacial score (nSPS) is 16.5. The zero-order valence-electron chi connectivity index (χ0n) is 17.7. The van der Waals surface area contributed by atoms with Gasteiger partial charge < -0.3 is 15.4 Å². The highest BCUT2D eigenvalue weighted by Crippen LogP contribution is 2.26. The number of hydrogen-bond acceptors (Lipinski definition) is 4. The highest BCUT2D eigenvalue weighted by molar-refractivity contribution is 5.95. The molecule has 1 saturated heterocycles. The molecule has 0 aliphatic carbocycles. The van der Waals surface area contributed by atoms with E-state index in [1.807, 2.05) is 6.92 Å². The molecule has 1 aromatic carbocycles. The Hall–Kier alpha value is -3.00. The van der Waals surface area contributed by atoms with Crippen LogP contribution in [0.25, 0.3) is 5.65 Å². The Morgan fingerprint density at radius 1 is 1.29 bits per heavy atom. The maximum absolute atomic E-state index is 14.0. The summed E-state index contributed by atoms with van der Waals surface area (Å²) < 4.78 is 35.3. The van der Waals surface area contributed by atoms with Crippen molar-refractivity contribution in [1.29, 1.82) is 0 Å². The van der Waals surface area contributed by atoms with Crippen LogP contribution in [0.5, 0.6) is 5.75 Å². The molecule has 164 valence electrons. The number of fused-ring (bicyclic) bond motifs is 1. The minimum atomic E-state index is -0.667. The number of ether oxygens (including phenoxy) is 1. The van der Waals surface area contributed by atoms with E-state index in [1.54, 1.807) is 23.6 Å².